The van der Waals surface area contributed by atoms with E-state index in [0.29, 0.717) is 24.2 Å². The minimum Gasteiger partial charge on any atom is -0.366 e. The van der Waals surface area contributed by atoms with E-state index in [1.54, 1.807) is 18.3 Å². The summed E-state index contributed by atoms with van der Waals surface area (Å²) >= 11 is 0. The van der Waals surface area contributed by atoms with Crippen molar-refractivity contribution in [1.82, 2.24) is 10.3 Å². The van der Waals surface area contributed by atoms with Crippen molar-refractivity contribution >= 4 is 11.8 Å². The largest absolute Gasteiger partial charge is 0.366 e. The van der Waals surface area contributed by atoms with Crippen molar-refractivity contribution in [2.45, 2.75) is 12.3 Å². The molecule has 3 N–H and O–H groups in total. The number of nitrogens with one attached hydrogen (secondary N) is 1. The van der Waals surface area contributed by atoms with Crippen molar-refractivity contribution in [3.05, 3.63) is 53.7 Å². The first-order chi connectivity index (χ1) is 10.1. The third kappa shape index (κ3) is 2.76. The molecule has 5 nitrogen and oxygen atoms in total. The fraction of sp³-hybridized carbons (Fsp3) is 0.188. The van der Waals surface area contributed by atoms with Crippen LogP contribution in [-0.2, 0) is 4.79 Å². The fourth-order valence-corrected chi connectivity index (χ4v) is 2.51. The Morgan fingerprint density at radius 1 is 1.24 bits per heavy atom. The van der Waals surface area contributed by atoms with Gasteiger partial charge < -0.3 is 11.1 Å². The minimum absolute atomic E-state index is 0.0971. The number of nitrogens with zero attached hydrogens (tertiary/aromatic N) is 1. The lowest BCUT2D eigenvalue weighted by Gasteiger charge is -2.09. The zero-order valence-electron chi connectivity index (χ0n) is 11.4. The van der Waals surface area contributed by atoms with E-state index in [1.807, 2.05) is 24.3 Å². The molecule has 0 spiro atoms. The van der Waals surface area contributed by atoms with E-state index >= 15 is 0 Å². The number of carbonyl (C=O) groups is 2. The number of hydrogen-bond acceptors (Lipinski definition) is 3. The van der Waals surface area contributed by atoms with Crippen LogP contribution in [0.3, 0.4) is 0 Å². The van der Waals surface area contributed by atoms with Gasteiger partial charge in [0.2, 0.25) is 11.8 Å². The molecule has 0 bridgehead atoms. The smallest absolute Gasteiger partial charge is 0.248 e. The van der Waals surface area contributed by atoms with Crippen LogP contribution in [0.25, 0.3) is 11.3 Å². The van der Waals surface area contributed by atoms with Gasteiger partial charge in [0.15, 0.2) is 0 Å². The number of benzene rings is 1. The SMILES string of the molecule is NC(=O)c1ccnc(-c2ccc(C3CNC(=O)C3)cc2)c1. The normalized spacial score (nSPS) is 17.5. The lowest BCUT2D eigenvalue weighted by atomic mass is 9.96. The van der Waals surface area contributed by atoms with Gasteiger partial charge in [-0.2, -0.15) is 0 Å². The van der Waals surface area contributed by atoms with Gasteiger partial charge in [0, 0.05) is 36.2 Å². The van der Waals surface area contributed by atoms with Crippen molar-refractivity contribution in [3.8, 4) is 11.3 Å². The number of aromatic nitrogens is 1. The number of hydrogen-bond donors (Lipinski definition) is 2. The summed E-state index contributed by atoms with van der Waals surface area (Å²) in [5.41, 5.74) is 8.47. The van der Waals surface area contributed by atoms with E-state index < -0.39 is 5.91 Å². The maximum Gasteiger partial charge on any atom is 0.248 e. The monoisotopic (exact) mass is 281 g/mol. The molecule has 1 saturated heterocycles. The number of rotatable bonds is 3. The molecule has 2 amide bonds. The van der Waals surface area contributed by atoms with Crippen LogP contribution in [0, 0.1) is 0 Å². The van der Waals surface area contributed by atoms with Crippen molar-refractivity contribution in [2.24, 2.45) is 5.73 Å². The predicted octanol–water partition coefficient (Wildman–Crippen LogP) is 1.45. The molecule has 1 aromatic heterocycles. The van der Waals surface area contributed by atoms with Crippen LogP contribution >= 0.6 is 0 Å². The van der Waals surface area contributed by atoms with Crippen molar-refractivity contribution in [3.63, 3.8) is 0 Å². The van der Waals surface area contributed by atoms with E-state index in [-0.39, 0.29) is 11.8 Å². The highest BCUT2D eigenvalue weighted by Gasteiger charge is 2.22. The summed E-state index contributed by atoms with van der Waals surface area (Å²) in [7, 11) is 0. The highest BCUT2D eigenvalue weighted by molar-refractivity contribution is 5.93. The summed E-state index contributed by atoms with van der Waals surface area (Å²) < 4.78 is 0. The van der Waals surface area contributed by atoms with Crippen molar-refractivity contribution in [2.75, 3.05) is 6.54 Å². The molecule has 0 radical (unpaired) electrons. The maximum absolute atomic E-state index is 11.3. The molecule has 1 aliphatic rings. The quantitative estimate of drug-likeness (QED) is 0.893. The molecule has 21 heavy (non-hydrogen) atoms. The first-order valence-electron chi connectivity index (χ1n) is 6.76. The zero-order valence-corrected chi connectivity index (χ0v) is 11.4. The molecule has 106 valence electrons. The Hall–Kier alpha value is -2.69. The van der Waals surface area contributed by atoms with Gasteiger partial charge in [-0.15, -0.1) is 0 Å². The topological polar surface area (TPSA) is 85.1 Å². The molecule has 1 unspecified atom stereocenters. The molecule has 3 rings (SSSR count). The van der Waals surface area contributed by atoms with Crippen LogP contribution in [0.15, 0.2) is 42.6 Å². The van der Waals surface area contributed by atoms with Crippen molar-refractivity contribution in [1.29, 1.82) is 0 Å². The van der Waals surface area contributed by atoms with Crippen LogP contribution in [-0.4, -0.2) is 23.3 Å². The predicted molar refractivity (Wildman–Crippen MR) is 78.6 cm³/mol. The summed E-state index contributed by atoms with van der Waals surface area (Å²) in [6, 6.07) is 11.2. The first-order valence-corrected chi connectivity index (χ1v) is 6.76. The molecule has 0 aliphatic carbocycles. The van der Waals surface area contributed by atoms with Gasteiger partial charge in [-0.3, -0.25) is 14.6 Å². The molecule has 1 aromatic carbocycles. The van der Waals surface area contributed by atoms with Gasteiger partial charge in [-0.25, -0.2) is 0 Å². The molecule has 1 aliphatic heterocycles. The number of pyridine rings is 1. The number of carbonyl (C=O) groups excluding carboxylic acids is 2. The number of primary amides is 1. The van der Waals surface area contributed by atoms with Gasteiger partial charge in [0.25, 0.3) is 0 Å². The van der Waals surface area contributed by atoms with Crippen molar-refractivity contribution < 1.29 is 9.59 Å². The summed E-state index contributed by atoms with van der Waals surface area (Å²) in [5.74, 6) is -0.137. The first kappa shape index (κ1) is 13.3. The van der Waals surface area contributed by atoms with E-state index in [0.717, 1.165) is 11.1 Å². The van der Waals surface area contributed by atoms with Gasteiger partial charge >= 0.3 is 0 Å². The second-order valence-electron chi connectivity index (χ2n) is 5.12. The average molecular weight is 281 g/mol. The Bertz CT molecular complexity index is 695. The van der Waals surface area contributed by atoms with Gasteiger partial charge in [0.05, 0.1) is 5.69 Å². The lowest BCUT2D eigenvalue weighted by molar-refractivity contribution is -0.119. The minimum atomic E-state index is -0.467. The molecule has 0 saturated carbocycles. The third-order valence-corrected chi connectivity index (χ3v) is 3.70. The summed E-state index contributed by atoms with van der Waals surface area (Å²) in [4.78, 5) is 26.7. The van der Waals surface area contributed by atoms with E-state index in [4.69, 9.17) is 5.73 Å². The summed E-state index contributed by atoms with van der Waals surface area (Å²) in [6.45, 7) is 0.688. The van der Waals surface area contributed by atoms with E-state index in [9.17, 15) is 9.59 Å². The standard InChI is InChI=1S/C16H15N3O2/c17-16(21)12-5-6-18-14(7-12)11-3-1-10(2-4-11)13-8-15(20)19-9-13/h1-7,13H,8-9H2,(H2,17,21)(H,19,20). The van der Waals surface area contributed by atoms with Crippen LogP contribution in [0.2, 0.25) is 0 Å². The second-order valence-corrected chi connectivity index (χ2v) is 5.12. The highest BCUT2D eigenvalue weighted by atomic mass is 16.2. The Kier molecular flexibility index (Phi) is 3.39. The summed E-state index contributed by atoms with van der Waals surface area (Å²) in [5, 5.41) is 2.83. The van der Waals surface area contributed by atoms with Crippen LogP contribution < -0.4 is 11.1 Å². The Labute approximate surface area is 122 Å². The maximum atomic E-state index is 11.3. The van der Waals surface area contributed by atoms with Crippen LogP contribution in [0.4, 0.5) is 0 Å². The molecule has 2 heterocycles. The lowest BCUT2D eigenvalue weighted by Crippen LogP contribution is -2.13. The highest BCUT2D eigenvalue weighted by Crippen LogP contribution is 2.26. The fourth-order valence-electron chi connectivity index (χ4n) is 2.51. The van der Waals surface area contributed by atoms with E-state index in [2.05, 4.69) is 10.3 Å². The molecular weight excluding hydrogens is 266 g/mol. The Morgan fingerprint density at radius 3 is 2.62 bits per heavy atom. The van der Waals surface area contributed by atoms with Gasteiger partial charge in [-0.1, -0.05) is 24.3 Å². The third-order valence-electron chi connectivity index (χ3n) is 3.70. The van der Waals surface area contributed by atoms with Crippen LogP contribution in [0.1, 0.15) is 28.3 Å². The zero-order chi connectivity index (χ0) is 14.8. The molecule has 1 atom stereocenters. The Balaban J connectivity index is 1.85. The van der Waals surface area contributed by atoms with Gasteiger partial charge in [0.1, 0.15) is 0 Å². The molecule has 2 aromatic rings. The Morgan fingerprint density at radius 2 is 2.00 bits per heavy atom. The second kappa shape index (κ2) is 5.36. The number of nitrogens with two attached hydrogens (primary N) is 1. The molecular formula is C16H15N3O2. The van der Waals surface area contributed by atoms with Crippen LogP contribution in [0.5, 0.6) is 0 Å². The number of amides is 2. The molecule has 1 fully saturated rings. The van der Waals surface area contributed by atoms with Gasteiger partial charge in [-0.05, 0) is 17.7 Å². The van der Waals surface area contributed by atoms with E-state index in [1.165, 1.54) is 0 Å². The summed E-state index contributed by atoms with van der Waals surface area (Å²) in [6.07, 6.45) is 2.11. The molecule has 5 heteroatoms. The average Bonchev–Trinajstić information content (AvgIpc) is 2.94.